The lowest BCUT2D eigenvalue weighted by molar-refractivity contribution is -0.188. The lowest BCUT2D eigenvalue weighted by Gasteiger charge is -2.36. The van der Waals surface area contributed by atoms with Gasteiger partial charge in [0.05, 0.1) is 12.3 Å². The molecule has 0 saturated carbocycles. The molecular weight excluding hydrogens is 411 g/mol. The number of rotatable bonds is 6. The molecular formula is C19H22F3NO7. The molecule has 30 heavy (non-hydrogen) atoms. The predicted molar refractivity (Wildman–Crippen MR) is 96.5 cm³/mol. The highest BCUT2D eigenvalue weighted by atomic mass is 19.3. The Morgan fingerprint density at radius 1 is 1.27 bits per heavy atom. The first-order chi connectivity index (χ1) is 13.9. The van der Waals surface area contributed by atoms with Crippen molar-refractivity contribution in [2.75, 3.05) is 18.1 Å². The van der Waals surface area contributed by atoms with Crippen LogP contribution >= 0.6 is 0 Å². The minimum Gasteiger partial charge on any atom is -0.457 e. The fraction of sp³-hybridized carbons (Fsp3) is 0.526. The third kappa shape index (κ3) is 6.09. The third-order valence-corrected chi connectivity index (χ3v) is 3.76. The molecule has 0 unspecified atom stereocenters. The quantitative estimate of drug-likeness (QED) is 0.637. The van der Waals surface area contributed by atoms with Crippen LogP contribution in [0.2, 0.25) is 0 Å². The van der Waals surface area contributed by atoms with Crippen LogP contribution in [-0.2, 0) is 28.6 Å². The number of carbonyl (C=O) groups excluding carboxylic acids is 3. The number of hydrogen-bond acceptors (Lipinski definition) is 7. The molecule has 1 saturated heterocycles. The number of benzene rings is 1. The van der Waals surface area contributed by atoms with Crippen molar-refractivity contribution in [2.45, 2.75) is 52.1 Å². The number of esters is 2. The molecule has 8 nitrogen and oxygen atoms in total. The summed E-state index contributed by atoms with van der Waals surface area (Å²) < 4.78 is 59.0. The van der Waals surface area contributed by atoms with Gasteiger partial charge >= 0.3 is 18.6 Å². The first-order valence-electron chi connectivity index (χ1n) is 8.96. The molecule has 1 aliphatic rings. The van der Waals surface area contributed by atoms with E-state index in [0.717, 1.165) is 30.0 Å². The number of amides is 1. The van der Waals surface area contributed by atoms with Crippen LogP contribution in [0.15, 0.2) is 18.2 Å². The van der Waals surface area contributed by atoms with Crippen molar-refractivity contribution in [3.8, 4) is 5.75 Å². The highest BCUT2D eigenvalue weighted by Gasteiger charge is 2.45. The Hall–Kier alpha value is -2.82. The molecule has 166 valence electrons. The van der Waals surface area contributed by atoms with Crippen LogP contribution in [0.1, 0.15) is 27.7 Å². The number of morpholine rings is 1. The first kappa shape index (κ1) is 23.5. The van der Waals surface area contributed by atoms with Crippen molar-refractivity contribution in [3.05, 3.63) is 24.0 Å². The van der Waals surface area contributed by atoms with E-state index in [2.05, 4.69) is 4.74 Å². The highest BCUT2D eigenvalue weighted by molar-refractivity contribution is 6.01. The molecule has 0 spiro atoms. The van der Waals surface area contributed by atoms with E-state index in [-0.39, 0.29) is 18.8 Å². The van der Waals surface area contributed by atoms with Crippen LogP contribution in [-0.4, -0.2) is 55.4 Å². The van der Waals surface area contributed by atoms with Crippen molar-refractivity contribution < 1.29 is 46.5 Å². The highest BCUT2D eigenvalue weighted by Crippen LogP contribution is 2.33. The molecule has 0 aromatic heterocycles. The molecule has 1 aliphatic heterocycles. The standard InChI is InChI=1S/C19H22F3NO7/c1-10(24)28-15(17(26)30-19(2,3)4)14-16(25)23(7-8-27-14)12-9-11(20)5-6-13(12)29-18(21)22/h5-6,9,14-15,18H,7-8H2,1-4H3/t14-,15-/m1/s1. The molecule has 1 amide bonds. The molecule has 0 aliphatic carbocycles. The first-order valence-corrected chi connectivity index (χ1v) is 8.96. The molecule has 0 bridgehead atoms. The number of ether oxygens (including phenoxy) is 4. The average Bonchev–Trinajstić information content (AvgIpc) is 2.60. The topological polar surface area (TPSA) is 91.4 Å². The summed E-state index contributed by atoms with van der Waals surface area (Å²) in [6.07, 6.45) is -3.37. The van der Waals surface area contributed by atoms with Crippen molar-refractivity contribution in [2.24, 2.45) is 0 Å². The summed E-state index contributed by atoms with van der Waals surface area (Å²) in [6, 6.07) is 2.68. The van der Waals surface area contributed by atoms with Gasteiger partial charge in [-0.1, -0.05) is 0 Å². The lowest BCUT2D eigenvalue weighted by Crippen LogP contribution is -2.56. The van der Waals surface area contributed by atoms with E-state index in [1.165, 1.54) is 0 Å². The molecule has 11 heteroatoms. The predicted octanol–water partition coefficient (Wildman–Crippen LogP) is 2.43. The van der Waals surface area contributed by atoms with E-state index in [4.69, 9.17) is 14.2 Å². The molecule has 0 N–H and O–H groups in total. The molecule has 1 aromatic carbocycles. The SMILES string of the molecule is CC(=O)O[C@@H](C(=O)OC(C)(C)C)[C@H]1OCCN(c2cc(F)ccc2OC(F)F)C1=O. The van der Waals surface area contributed by atoms with Gasteiger partial charge in [-0.15, -0.1) is 0 Å². The summed E-state index contributed by atoms with van der Waals surface area (Å²) in [7, 11) is 0. The van der Waals surface area contributed by atoms with Crippen molar-refractivity contribution in [1.82, 2.24) is 0 Å². The number of halogens is 3. The molecule has 2 atom stereocenters. The van der Waals surface area contributed by atoms with Crippen LogP contribution in [0.3, 0.4) is 0 Å². The van der Waals surface area contributed by atoms with Gasteiger partial charge in [-0.05, 0) is 32.9 Å². The maximum Gasteiger partial charge on any atom is 0.387 e. The summed E-state index contributed by atoms with van der Waals surface area (Å²) in [5.41, 5.74) is -1.23. The van der Waals surface area contributed by atoms with E-state index in [0.29, 0.717) is 0 Å². The van der Waals surface area contributed by atoms with E-state index >= 15 is 0 Å². The zero-order valence-electron chi connectivity index (χ0n) is 16.8. The van der Waals surface area contributed by atoms with Crippen LogP contribution in [0, 0.1) is 5.82 Å². The summed E-state index contributed by atoms with van der Waals surface area (Å²) in [5.74, 6) is -4.05. The normalized spacial score (nSPS) is 18.2. The van der Waals surface area contributed by atoms with Gasteiger partial charge < -0.3 is 23.8 Å². The average molecular weight is 433 g/mol. The Labute approximate surface area is 170 Å². The molecule has 1 fully saturated rings. The van der Waals surface area contributed by atoms with Gasteiger partial charge in [0, 0.05) is 19.5 Å². The molecule has 1 aromatic rings. The number of hydrogen-bond donors (Lipinski definition) is 0. The number of alkyl halides is 2. The second kappa shape index (κ2) is 9.33. The van der Waals surface area contributed by atoms with Crippen LogP contribution in [0.4, 0.5) is 18.9 Å². The lowest BCUT2D eigenvalue weighted by atomic mass is 10.1. The van der Waals surface area contributed by atoms with Gasteiger partial charge in [0.1, 0.15) is 17.2 Å². The summed E-state index contributed by atoms with van der Waals surface area (Å²) >= 11 is 0. The van der Waals surface area contributed by atoms with E-state index in [9.17, 15) is 27.6 Å². The smallest absolute Gasteiger partial charge is 0.387 e. The summed E-state index contributed by atoms with van der Waals surface area (Å²) in [5, 5.41) is 0. The molecule has 1 heterocycles. The van der Waals surface area contributed by atoms with Gasteiger partial charge in [0.25, 0.3) is 5.91 Å². The van der Waals surface area contributed by atoms with E-state index in [1.807, 2.05) is 0 Å². The van der Waals surface area contributed by atoms with Gasteiger partial charge in [0.15, 0.2) is 6.10 Å². The summed E-state index contributed by atoms with van der Waals surface area (Å²) in [4.78, 5) is 37.9. The monoisotopic (exact) mass is 433 g/mol. The van der Waals surface area contributed by atoms with Gasteiger partial charge in [-0.3, -0.25) is 9.59 Å². The Morgan fingerprint density at radius 2 is 1.93 bits per heavy atom. The molecule has 0 radical (unpaired) electrons. The summed E-state index contributed by atoms with van der Waals surface area (Å²) in [6.45, 7) is 2.26. The minimum absolute atomic E-state index is 0.139. The fourth-order valence-corrected chi connectivity index (χ4v) is 2.73. The maximum atomic E-state index is 13.8. The minimum atomic E-state index is -3.21. The zero-order chi connectivity index (χ0) is 22.6. The van der Waals surface area contributed by atoms with Crippen molar-refractivity contribution in [3.63, 3.8) is 0 Å². The van der Waals surface area contributed by atoms with E-state index in [1.54, 1.807) is 20.8 Å². The molecule has 2 rings (SSSR count). The van der Waals surface area contributed by atoms with Gasteiger partial charge in [0.2, 0.25) is 6.10 Å². The Kier molecular flexibility index (Phi) is 7.30. The fourth-order valence-electron chi connectivity index (χ4n) is 2.73. The third-order valence-electron chi connectivity index (χ3n) is 3.76. The number of nitrogens with zero attached hydrogens (tertiary/aromatic N) is 1. The largest absolute Gasteiger partial charge is 0.457 e. The van der Waals surface area contributed by atoms with Crippen LogP contribution in [0.5, 0.6) is 5.75 Å². The maximum absolute atomic E-state index is 13.8. The number of anilines is 1. The second-order valence-corrected chi connectivity index (χ2v) is 7.34. The van der Waals surface area contributed by atoms with Crippen molar-refractivity contribution >= 4 is 23.5 Å². The number of carbonyl (C=O) groups is 3. The Balaban J connectivity index is 2.38. The second-order valence-electron chi connectivity index (χ2n) is 7.34. The van der Waals surface area contributed by atoms with E-state index < -0.39 is 53.8 Å². The Bertz CT molecular complexity index is 810. The van der Waals surface area contributed by atoms with Crippen LogP contribution < -0.4 is 9.64 Å². The van der Waals surface area contributed by atoms with Crippen molar-refractivity contribution in [1.29, 1.82) is 0 Å². The zero-order valence-corrected chi connectivity index (χ0v) is 16.8. The van der Waals surface area contributed by atoms with Gasteiger partial charge in [-0.25, -0.2) is 9.18 Å². The van der Waals surface area contributed by atoms with Gasteiger partial charge in [-0.2, -0.15) is 8.78 Å². The Morgan fingerprint density at radius 3 is 2.50 bits per heavy atom. The van der Waals surface area contributed by atoms with Crippen LogP contribution in [0.25, 0.3) is 0 Å².